The molecule has 1 heterocycles. The number of aromatic nitrogens is 1. The second kappa shape index (κ2) is 7.44. The van der Waals surface area contributed by atoms with Gasteiger partial charge in [-0.2, -0.15) is 0 Å². The molecule has 0 aliphatic heterocycles. The van der Waals surface area contributed by atoms with Gasteiger partial charge in [0.2, 0.25) is 0 Å². The molecule has 0 radical (unpaired) electrons. The molecule has 2 heteroatoms. The molecule has 0 atom stereocenters. The normalized spacial score (nSPS) is 13.8. The second-order valence-electron chi connectivity index (χ2n) is 9.94. The largest absolute Gasteiger partial charge is 0.309 e. The number of rotatable bonds is 2. The number of hydrogen-bond donors (Lipinski definition) is 0. The maximum Gasteiger partial charge on any atom is 0.0541 e. The Hall–Kier alpha value is -3.62. The van der Waals surface area contributed by atoms with Crippen LogP contribution in [0.25, 0.3) is 49.7 Å². The molecule has 7 rings (SSSR count). The summed E-state index contributed by atoms with van der Waals surface area (Å²) in [4.78, 5) is 0. The first-order chi connectivity index (χ1) is 17.1. The Morgan fingerprint density at radius 2 is 1.11 bits per heavy atom. The predicted octanol–water partition coefficient (Wildman–Crippen LogP) is 9.52. The lowest BCUT2D eigenvalue weighted by Gasteiger charge is -2.22. The van der Waals surface area contributed by atoms with E-state index in [1.165, 1.54) is 60.9 Å². The van der Waals surface area contributed by atoms with Crippen LogP contribution in [0.5, 0.6) is 0 Å². The van der Waals surface area contributed by atoms with Crippen LogP contribution >= 0.6 is 15.9 Å². The molecule has 0 saturated heterocycles. The number of nitrogens with zero attached hydrogens (tertiary/aromatic N) is 1. The van der Waals surface area contributed by atoms with Crippen molar-refractivity contribution >= 4 is 37.7 Å². The van der Waals surface area contributed by atoms with Crippen molar-refractivity contribution < 1.29 is 0 Å². The molecule has 168 valence electrons. The van der Waals surface area contributed by atoms with Gasteiger partial charge >= 0.3 is 0 Å². The van der Waals surface area contributed by atoms with Gasteiger partial charge in [0.05, 0.1) is 16.7 Å². The van der Waals surface area contributed by atoms with Crippen LogP contribution in [-0.2, 0) is 5.41 Å². The maximum atomic E-state index is 3.97. The lowest BCUT2D eigenvalue weighted by Crippen LogP contribution is -2.14. The summed E-state index contributed by atoms with van der Waals surface area (Å²) < 4.78 is 3.54. The lowest BCUT2D eigenvalue weighted by molar-refractivity contribution is 0.660. The molecule has 0 bridgehead atoms. The van der Waals surface area contributed by atoms with Crippen molar-refractivity contribution in [3.05, 3.63) is 125 Å². The summed E-state index contributed by atoms with van der Waals surface area (Å²) in [5.41, 5.74) is 11.5. The average molecular weight is 514 g/mol. The van der Waals surface area contributed by atoms with Gasteiger partial charge < -0.3 is 4.57 Å². The van der Waals surface area contributed by atoms with Gasteiger partial charge in [-0.05, 0) is 58.1 Å². The molecule has 0 N–H and O–H groups in total. The van der Waals surface area contributed by atoms with E-state index in [0.29, 0.717) is 0 Å². The fourth-order valence-electron chi connectivity index (χ4n) is 6.01. The van der Waals surface area contributed by atoms with Crippen LogP contribution < -0.4 is 0 Å². The predicted molar refractivity (Wildman–Crippen MR) is 151 cm³/mol. The van der Waals surface area contributed by atoms with E-state index in [0.717, 1.165) is 4.47 Å². The van der Waals surface area contributed by atoms with E-state index in [1.807, 2.05) is 0 Å². The Balaban J connectivity index is 1.53. The van der Waals surface area contributed by atoms with Gasteiger partial charge in [0.25, 0.3) is 0 Å². The zero-order valence-corrected chi connectivity index (χ0v) is 21.3. The van der Waals surface area contributed by atoms with E-state index in [2.05, 4.69) is 144 Å². The van der Waals surface area contributed by atoms with E-state index in [9.17, 15) is 0 Å². The van der Waals surface area contributed by atoms with E-state index >= 15 is 0 Å². The Labute approximate surface area is 213 Å². The molecular weight excluding hydrogens is 490 g/mol. The summed E-state index contributed by atoms with van der Waals surface area (Å²) in [6.45, 7) is 4.66. The first-order valence-electron chi connectivity index (χ1n) is 12.1. The van der Waals surface area contributed by atoms with Gasteiger partial charge in [-0.1, -0.05) is 109 Å². The zero-order chi connectivity index (χ0) is 23.7. The molecule has 0 unspecified atom stereocenters. The minimum absolute atomic E-state index is 0.0146. The van der Waals surface area contributed by atoms with Crippen LogP contribution in [0.1, 0.15) is 25.0 Å². The first kappa shape index (κ1) is 20.7. The fourth-order valence-corrected chi connectivity index (χ4v) is 6.56. The smallest absolute Gasteiger partial charge is 0.0541 e. The molecule has 0 fully saturated rings. The van der Waals surface area contributed by atoms with Crippen molar-refractivity contribution in [3.8, 4) is 27.9 Å². The minimum Gasteiger partial charge on any atom is -0.309 e. The quantitative estimate of drug-likeness (QED) is 0.217. The molecule has 1 aromatic heterocycles. The third-order valence-corrected chi connectivity index (χ3v) is 8.34. The van der Waals surface area contributed by atoms with Crippen LogP contribution in [0.3, 0.4) is 0 Å². The molecule has 5 aromatic carbocycles. The third kappa shape index (κ3) is 2.87. The van der Waals surface area contributed by atoms with Gasteiger partial charge in [-0.15, -0.1) is 0 Å². The van der Waals surface area contributed by atoms with Crippen molar-refractivity contribution in [1.29, 1.82) is 0 Å². The summed E-state index contributed by atoms with van der Waals surface area (Å²) in [6, 6.07) is 39.8. The molecule has 6 aromatic rings. The van der Waals surface area contributed by atoms with Crippen LogP contribution in [-0.4, -0.2) is 4.57 Å². The lowest BCUT2D eigenvalue weighted by atomic mass is 9.82. The number of para-hydroxylation sites is 3. The Bertz CT molecular complexity index is 1730. The van der Waals surface area contributed by atoms with Gasteiger partial charge in [0.15, 0.2) is 0 Å². The van der Waals surface area contributed by atoms with Crippen LogP contribution in [0.4, 0.5) is 0 Å². The Morgan fingerprint density at radius 3 is 1.83 bits per heavy atom. The topological polar surface area (TPSA) is 4.93 Å². The van der Waals surface area contributed by atoms with E-state index in [-0.39, 0.29) is 5.41 Å². The van der Waals surface area contributed by atoms with Crippen molar-refractivity contribution in [3.63, 3.8) is 0 Å². The van der Waals surface area contributed by atoms with Gasteiger partial charge in [0, 0.05) is 26.2 Å². The Morgan fingerprint density at radius 1 is 0.543 bits per heavy atom. The van der Waals surface area contributed by atoms with E-state index < -0.39 is 0 Å². The summed E-state index contributed by atoms with van der Waals surface area (Å²) in [7, 11) is 0. The molecule has 0 saturated carbocycles. The van der Waals surface area contributed by atoms with Crippen molar-refractivity contribution in [1.82, 2.24) is 4.57 Å². The molecule has 0 amide bonds. The highest BCUT2D eigenvalue weighted by molar-refractivity contribution is 9.10. The second-order valence-corrected chi connectivity index (χ2v) is 10.8. The third-order valence-electron chi connectivity index (χ3n) is 7.69. The van der Waals surface area contributed by atoms with Crippen LogP contribution in [0.2, 0.25) is 0 Å². The van der Waals surface area contributed by atoms with E-state index in [1.54, 1.807) is 0 Å². The van der Waals surface area contributed by atoms with Crippen molar-refractivity contribution in [2.75, 3.05) is 0 Å². The number of hydrogen-bond acceptors (Lipinski definition) is 0. The minimum atomic E-state index is -0.0146. The molecule has 1 aliphatic rings. The zero-order valence-electron chi connectivity index (χ0n) is 19.7. The highest BCUT2D eigenvalue weighted by Crippen LogP contribution is 2.51. The molecule has 1 nitrogen and oxygen atoms in total. The van der Waals surface area contributed by atoms with Gasteiger partial charge in [-0.3, -0.25) is 0 Å². The fraction of sp³-hybridized carbons (Fsp3) is 0.0909. The summed E-state index contributed by atoms with van der Waals surface area (Å²) in [5.74, 6) is 0. The first-order valence-corrected chi connectivity index (χ1v) is 12.9. The van der Waals surface area contributed by atoms with Crippen LogP contribution in [0.15, 0.2) is 114 Å². The van der Waals surface area contributed by atoms with Crippen molar-refractivity contribution in [2.45, 2.75) is 19.3 Å². The molecular formula is C33H24BrN. The highest BCUT2D eigenvalue weighted by Gasteiger charge is 2.36. The van der Waals surface area contributed by atoms with Crippen molar-refractivity contribution in [2.24, 2.45) is 0 Å². The highest BCUT2D eigenvalue weighted by atomic mass is 79.9. The number of halogens is 1. The maximum absolute atomic E-state index is 3.97. The van der Waals surface area contributed by atoms with Gasteiger partial charge in [-0.25, -0.2) is 0 Å². The monoisotopic (exact) mass is 513 g/mol. The average Bonchev–Trinajstić information content (AvgIpc) is 3.33. The molecule has 35 heavy (non-hydrogen) atoms. The van der Waals surface area contributed by atoms with Crippen LogP contribution in [0, 0.1) is 0 Å². The summed E-state index contributed by atoms with van der Waals surface area (Å²) >= 11 is 3.97. The Kier molecular flexibility index (Phi) is 4.40. The SMILES string of the molecule is CC1(C)c2ccccc2-c2cc(-c3ccccc3-n3c4ccccc4c4ccccc43)c(Br)cc21. The van der Waals surface area contributed by atoms with Gasteiger partial charge in [0.1, 0.15) is 0 Å². The molecule has 0 spiro atoms. The number of fused-ring (bicyclic) bond motifs is 6. The summed E-state index contributed by atoms with van der Waals surface area (Å²) in [5, 5.41) is 2.56. The molecule has 1 aliphatic carbocycles. The summed E-state index contributed by atoms with van der Waals surface area (Å²) in [6.07, 6.45) is 0. The van der Waals surface area contributed by atoms with E-state index in [4.69, 9.17) is 0 Å². The standard InChI is InChI=1S/C33H24BrN/c1-33(2)27-15-7-3-11-21(27)25-19-26(29(34)20-28(25)33)24-14-6-10-18-32(24)35-30-16-8-4-12-22(30)23-13-5-9-17-31(23)35/h3-20H,1-2H3. The number of benzene rings is 5.